The Hall–Kier alpha value is -3.35. The maximum atomic E-state index is 12.3. The number of ether oxygens (including phenoxy) is 1. The molecule has 0 spiro atoms. The molecule has 0 aliphatic rings. The molecule has 0 aliphatic carbocycles. The van der Waals surface area contributed by atoms with Crippen LogP contribution in [-0.2, 0) is 20.7 Å². The number of rotatable bonds is 6. The number of carbonyl (C=O) groups excluding carboxylic acids is 3. The van der Waals surface area contributed by atoms with Crippen LogP contribution >= 0.6 is 0 Å². The third-order valence-electron chi connectivity index (χ3n) is 3.72. The van der Waals surface area contributed by atoms with E-state index in [9.17, 15) is 14.4 Å². The number of nitrogens with one attached hydrogen (secondary N) is 3. The second kappa shape index (κ2) is 9.73. The molecule has 7 nitrogen and oxygen atoms in total. The molecule has 0 saturated carbocycles. The van der Waals surface area contributed by atoms with Gasteiger partial charge in [0.1, 0.15) is 5.60 Å². The fraction of sp³-hybridized carbons (Fsp3) is 0.318. The highest BCUT2D eigenvalue weighted by atomic mass is 16.6. The van der Waals surface area contributed by atoms with Crippen LogP contribution in [0, 0.1) is 0 Å². The molecule has 0 saturated heterocycles. The Morgan fingerprint density at radius 3 is 1.97 bits per heavy atom. The minimum atomic E-state index is -0.571. The van der Waals surface area contributed by atoms with Crippen molar-refractivity contribution in [2.24, 2.45) is 0 Å². The summed E-state index contributed by atoms with van der Waals surface area (Å²) >= 11 is 0. The number of amides is 3. The van der Waals surface area contributed by atoms with Gasteiger partial charge in [-0.15, -0.1) is 0 Å². The van der Waals surface area contributed by atoms with Gasteiger partial charge in [0.2, 0.25) is 11.8 Å². The number of carbonyl (C=O) groups is 3. The van der Waals surface area contributed by atoms with Gasteiger partial charge in [-0.2, -0.15) is 0 Å². The van der Waals surface area contributed by atoms with Gasteiger partial charge in [0.25, 0.3) is 0 Å². The Kier molecular flexibility index (Phi) is 7.36. The molecule has 2 aromatic carbocycles. The molecule has 7 heteroatoms. The standard InChI is InChI=1S/C22H27N3O4/c1-5-19(26)23-17-7-6-8-18(14-17)24-20(27)13-15-9-11-16(12-10-15)25-21(28)29-22(2,3)4/h6-12,14H,5,13H2,1-4H3,(H,23,26)(H,24,27)(H,25,28). The summed E-state index contributed by atoms with van der Waals surface area (Å²) in [7, 11) is 0. The van der Waals surface area contributed by atoms with Gasteiger partial charge in [-0.1, -0.05) is 25.1 Å². The molecule has 3 amide bonds. The van der Waals surface area contributed by atoms with Crippen molar-refractivity contribution in [1.29, 1.82) is 0 Å². The fourth-order valence-electron chi connectivity index (χ4n) is 2.44. The van der Waals surface area contributed by atoms with E-state index in [1.165, 1.54) is 0 Å². The van der Waals surface area contributed by atoms with Crippen LogP contribution in [0.25, 0.3) is 0 Å². The van der Waals surface area contributed by atoms with Crippen molar-refractivity contribution < 1.29 is 19.1 Å². The monoisotopic (exact) mass is 397 g/mol. The van der Waals surface area contributed by atoms with E-state index in [0.717, 1.165) is 5.56 Å². The molecule has 3 N–H and O–H groups in total. The molecule has 29 heavy (non-hydrogen) atoms. The van der Waals surface area contributed by atoms with E-state index in [4.69, 9.17) is 4.74 Å². The van der Waals surface area contributed by atoms with Crippen molar-refractivity contribution in [3.8, 4) is 0 Å². The highest BCUT2D eigenvalue weighted by Crippen LogP contribution is 2.17. The average molecular weight is 397 g/mol. The minimum Gasteiger partial charge on any atom is -0.444 e. The first kappa shape index (κ1) is 21.9. The van der Waals surface area contributed by atoms with Crippen LogP contribution in [0.4, 0.5) is 21.9 Å². The van der Waals surface area contributed by atoms with Crippen molar-refractivity contribution in [1.82, 2.24) is 0 Å². The normalized spacial score (nSPS) is 10.8. The lowest BCUT2D eigenvalue weighted by atomic mass is 10.1. The SMILES string of the molecule is CCC(=O)Nc1cccc(NC(=O)Cc2ccc(NC(=O)OC(C)(C)C)cc2)c1. The Morgan fingerprint density at radius 1 is 0.828 bits per heavy atom. The summed E-state index contributed by atoms with van der Waals surface area (Å²) in [5, 5.41) is 8.22. The highest BCUT2D eigenvalue weighted by molar-refractivity contribution is 5.94. The molecule has 0 atom stereocenters. The smallest absolute Gasteiger partial charge is 0.412 e. The van der Waals surface area contributed by atoms with Crippen LogP contribution in [0.15, 0.2) is 48.5 Å². The summed E-state index contributed by atoms with van der Waals surface area (Å²) in [6.45, 7) is 7.15. The van der Waals surface area contributed by atoms with E-state index in [0.29, 0.717) is 23.5 Å². The third-order valence-corrected chi connectivity index (χ3v) is 3.72. The number of benzene rings is 2. The Balaban J connectivity index is 1.90. The Bertz CT molecular complexity index is 870. The van der Waals surface area contributed by atoms with Gasteiger partial charge in [0.15, 0.2) is 0 Å². The first-order valence-electron chi connectivity index (χ1n) is 9.43. The van der Waals surface area contributed by atoms with Gasteiger partial charge in [0, 0.05) is 23.5 Å². The Labute approximate surface area is 170 Å². The largest absolute Gasteiger partial charge is 0.444 e. The molecule has 0 radical (unpaired) electrons. The molecule has 2 rings (SSSR count). The molecule has 0 unspecified atom stereocenters. The first-order chi connectivity index (χ1) is 13.6. The first-order valence-corrected chi connectivity index (χ1v) is 9.43. The Morgan fingerprint density at radius 2 is 1.41 bits per heavy atom. The zero-order valence-electron chi connectivity index (χ0n) is 17.2. The fourth-order valence-corrected chi connectivity index (χ4v) is 2.44. The third kappa shape index (κ3) is 8.04. The summed E-state index contributed by atoms with van der Waals surface area (Å²) < 4.78 is 5.20. The predicted octanol–water partition coefficient (Wildman–Crippen LogP) is 4.56. The van der Waals surface area contributed by atoms with Crippen LogP contribution in [0.1, 0.15) is 39.7 Å². The lowest BCUT2D eigenvalue weighted by Gasteiger charge is -2.19. The van der Waals surface area contributed by atoms with Crippen LogP contribution in [0.5, 0.6) is 0 Å². The van der Waals surface area contributed by atoms with Crippen molar-refractivity contribution in [2.75, 3.05) is 16.0 Å². The van der Waals surface area contributed by atoms with E-state index in [1.54, 1.807) is 76.2 Å². The van der Waals surface area contributed by atoms with Crippen molar-refractivity contribution in [3.63, 3.8) is 0 Å². The highest BCUT2D eigenvalue weighted by Gasteiger charge is 2.16. The quantitative estimate of drug-likeness (QED) is 0.665. The van der Waals surface area contributed by atoms with Crippen LogP contribution in [0.2, 0.25) is 0 Å². The second-order valence-corrected chi connectivity index (χ2v) is 7.53. The maximum Gasteiger partial charge on any atom is 0.412 e. The molecule has 0 bridgehead atoms. The van der Waals surface area contributed by atoms with Gasteiger partial charge in [-0.3, -0.25) is 14.9 Å². The van der Waals surface area contributed by atoms with E-state index in [-0.39, 0.29) is 18.2 Å². The average Bonchev–Trinajstić information content (AvgIpc) is 2.62. The number of hydrogen-bond donors (Lipinski definition) is 3. The summed E-state index contributed by atoms with van der Waals surface area (Å²) in [5.74, 6) is -0.273. The molecule has 0 aromatic heterocycles. The van der Waals surface area contributed by atoms with E-state index in [1.807, 2.05) is 0 Å². The van der Waals surface area contributed by atoms with Crippen molar-refractivity contribution >= 4 is 35.0 Å². The van der Waals surface area contributed by atoms with Crippen molar-refractivity contribution in [3.05, 3.63) is 54.1 Å². The lowest BCUT2D eigenvalue weighted by Crippen LogP contribution is -2.27. The molecular weight excluding hydrogens is 370 g/mol. The molecular formula is C22H27N3O4. The summed E-state index contributed by atoms with van der Waals surface area (Å²) in [6.07, 6.45) is 0.0335. The van der Waals surface area contributed by atoms with E-state index < -0.39 is 11.7 Å². The van der Waals surface area contributed by atoms with Gasteiger partial charge >= 0.3 is 6.09 Å². The lowest BCUT2D eigenvalue weighted by molar-refractivity contribution is -0.116. The number of hydrogen-bond acceptors (Lipinski definition) is 4. The molecule has 0 fully saturated rings. The zero-order valence-corrected chi connectivity index (χ0v) is 17.2. The van der Waals surface area contributed by atoms with E-state index in [2.05, 4.69) is 16.0 Å². The predicted molar refractivity (Wildman–Crippen MR) is 114 cm³/mol. The van der Waals surface area contributed by atoms with Gasteiger partial charge in [-0.25, -0.2) is 4.79 Å². The summed E-state index contributed by atoms with van der Waals surface area (Å²) in [5.41, 5.74) is 2.05. The van der Waals surface area contributed by atoms with Crippen LogP contribution < -0.4 is 16.0 Å². The van der Waals surface area contributed by atoms with E-state index >= 15 is 0 Å². The molecule has 2 aromatic rings. The summed E-state index contributed by atoms with van der Waals surface area (Å²) in [4.78, 5) is 35.6. The van der Waals surface area contributed by atoms with Crippen LogP contribution in [0.3, 0.4) is 0 Å². The van der Waals surface area contributed by atoms with Crippen LogP contribution in [-0.4, -0.2) is 23.5 Å². The molecule has 154 valence electrons. The van der Waals surface area contributed by atoms with Gasteiger partial charge in [0.05, 0.1) is 6.42 Å². The minimum absolute atomic E-state index is 0.0893. The second-order valence-electron chi connectivity index (χ2n) is 7.53. The zero-order chi connectivity index (χ0) is 21.4. The topological polar surface area (TPSA) is 96.5 Å². The van der Waals surface area contributed by atoms with Crippen molar-refractivity contribution in [2.45, 2.75) is 46.1 Å². The summed E-state index contributed by atoms with van der Waals surface area (Å²) in [6, 6.07) is 14.0. The van der Waals surface area contributed by atoms with Gasteiger partial charge < -0.3 is 15.4 Å². The molecule has 0 aliphatic heterocycles. The number of anilines is 3. The maximum absolute atomic E-state index is 12.3. The van der Waals surface area contributed by atoms with Gasteiger partial charge in [-0.05, 0) is 56.7 Å². The molecule has 0 heterocycles.